The maximum absolute atomic E-state index is 13.3. The van der Waals surface area contributed by atoms with E-state index in [2.05, 4.69) is 0 Å². The van der Waals surface area contributed by atoms with Crippen molar-refractivity contribution in [3.63, 3.8) is 0 Å². The van der Waals surface area contributed by atoms with Gasteiger partial charge in [0.1, 0.15) is 0 Å². The van der Waals surface area contributed by atoms with E-state index in [4.69, 9.17) is 0 Å². The fourth-order valence-electron chi connectivity index (χ4n) is 4.11. The molecule has 1 unspecified atom stereocenters. The number of rotatable bonds is 8. The van der Waals surface area contributed by atoms with E-state index in [-0.39, 0.29) is 11.3 Å². The second-order valence-corrected chi connectivity index (χ2v) is 7.83. The highest BCUT2D eigenvalue weighted by Crippen LogP contribution is 2.43. The summed E-state index contributed by atoms with van der Waals surface area (Å²) in [6.07, 6.45) is 0.982. The molecule has 1 aliphatic rings. The van der Waals surface area contributed by atoms with E-state index < -0.39 is 28.6 Å². The van der Waals surface area contributed by atoms with E-state index in [1.165, 1.54) is 23.1 Å². The van der Waals surface area contributed by atoms with Gasteiger partial charge in [0, 0.05) is 29.8 Å². The zero-order valence-corrected chi connectivity index (χ0v) is 17.3. The van der Waals surface area contributed by atoms with Gasteiger partial charge in [-0.2, -0.15) is 0 Å². The third-order valence-corrected chi connectivity index (χ3v) is 5.72. The molecule has 7 heteroatoms. The van der Waals surface area contributed by atoms with Crippen LogP contribution in [0.1, 0.15) is 34.3 Å². The lowest BCUT2D eigenvalue weighted by atomic mass is 9.88. The highest BCUT2D eigenvalue weighted by molar-refractivity contribution is 6.10. The van der Waals surface area contributed by atoms with Gasteiger partial charge in [-0.1, -0.05) is 60.7 Å². The van der Waals surface area contributed by atoms with Gasteiger partial charge >= 0.3 is 0 Å². The smallest absolute Gasteiger partial charge is 0.270 e. The third kappa shape index (κ3) is 4.02. The monoisotopic (exact) mass is 430 g/mol. The summed E-state index contributed by atoms with van der Waals surface area (Å²) in [6, 6.07) is 22.1. The van der Waals surface area contributed by atoms with Crippen molar-refractivity contribution in [2.24, 2.45) is 0 Å². The van der Waals surface area contributed by atoms with Crippen molar-refractivity contribution in [3.05, 3.63) is 106 Å². The molecule has 0 aliphatic carbocycles. The highest BCUT2D eigenvalue weighted by atomic mass is 16.6. The predicted octanol–water partition coefficient (Wildman–Crippen LogP) is 4.03. The van der Waals surface area contributed by atoms with Crippen LogP contribution in [0, 0.1) is 10.1 Å². The molecule has 0 fully saturated rings. The summed E-state index contributed by atoms with van der Waals surface area (Å²) in [6.45, 7) is 0.401. The molecule has 32 heavy (non-hydrogen) atoms. The van der Waals surface area contributed by atoms with Crippen LogP contribution < -0.4 is 4.90 Å². The molecule has 0 saturated carbocycles. The minimum Gasteiger partial charge on any atom is -0.375 e. The van der Waals surface area contributed by atoms with Crippen LogP contribution in [-0.2, 0) is 16.8 Å². The largest absolute Gasteiger partial charge is 0.375 e. The second-order valence-electron chi connectivity index (χ2n) is 7.83. The number of hydrogen-bond donors (Lipinski definition) is 1. The maximum atomic E-state index is 13.3. The number of Topliss-reactive ketones (excluding diaryl/α,β-unsaturated/α-hetero) is 1. The molecular weight excluding hydrogens is 408 g/mol. The van der Waals surface area contributed by atoms with Crippen molar-refractivity contribution in [2.75, 3.05) is 11.4 Å². The predicted molar refractivity (Wildman–Crippen MR) is 119 cm³/mol. The number of fused-ring (bicyclic) bond motifs is 1. The minimum atomic E-state index is -2.01. The number of anilines is 1. The van der Waals surface area contributed by atoms with Crippen molar-refractivity contribution >= 4 is 23.1 Å². The number of hydrogen-bond acceptors (Lipinski definition) is 5. The SMILES string of the molecule is O=C(CC1(O)C(=O)N(CCCc2ccccc2)c2ccccc21)c1cccc([N+](=O)[O-])c1. The first-order valence-electron chi connectivity index (χ1n) is 10.4. The van der Waals surface area contributed by atoms with Crippen molar-refractivity contribution < 1.29 is 19.6 Å². The van der Waals surface area contributed by atoms with Gasteiger partial charge in [0.2, 0.25) is 0 Å². The van der Waals surface area contributed by atoms with E-state index in [1.807, 2.05) is 30.3 Å². The summed E-state index contributed by atoms with van der Waals surface area (Å²) >= 11 is 0. The number of aliphatic hydroxyl groups is 1. The minimum absolute atomic E-state index is 0.0837. The normalized spacial score (nSPS) is 17.3. The Morgan fingerprint density at radius 2 is 1.72 bits per heavy atom. The van der Waals surface area contributed by atoms with Gasteiger partial charge in [-0.05, 0) is 24.5 Å². The van der Waals surface area contributed by atoms with Crippen molar-refractivity contribution in [3.8, 4) is 0 Å². The Balaban J connectivity index is 1.55. The molecule has 1 N–H and O–H groups in total. The Kier molecular flexibility index (Phi) is 5.83. The Hall–Kier alpha value is -3.84. The van der Waals surface area contributed by atoms with Gasteiger partial charge in [0.25, 0.3) is 11.6 Å². The number of para-hydroxylation sites is 1. The van der Waals surface area contributed by atoms with Gasteiger partial charge in [0.15, 0.2) is 11.4 Å². The topological polar surface area (TPSA) is 101 Å². The van der Waals surface area contributed by atoms with Crippen LogP contribution in [0.3, 0.4) is 0 Å². The lowest BCUT2D eigenvalue weighted by Crippen LogP contribution is -2.42. The van der Waals surface area contributed by atoms with Gasteiger partial charge in [0.05, 0.1) is 17.0 Å². The first-order chi connectivity index (χ1) is 15.4. The van der Waals surface area contributed by atoms with E-state index >= 15 is 0 Å². The quantitative estimate of drug-likeness (QED) is 0.330. The van der Waals surface area contributed by atoms with Crippen molar-refractivity contribution in [1.29, 1.82) is 0 Å². The number of amides is 1. The van der Waals surface area contributed by atoms with Crippen LogP contribution in [0.15, 0.2) is 78.9 Å². The maximum Gasteiger partial charge on any atom is 0.270 e. The molecule has 1 aliphatic heterocycles. The molecule has 1 atom stereocenters. The Bertz CT molecular complexity index is 1180. The number of carbonyl (C=O) groups excluding carboxylic acids is 2. The van der Waals surface area contributed by atoms with Crippen LogP contribution in [0.2, 0.25) is 0 Å². The third-order valence-electron chi connectivity index (χ3n) is 5.72. The molecule has 0 aromatic heterocycles. The summed E-state index contributed by atoms with van der Waals surface area (Å²) in [7, 11) is 0. The lowest BCUT2D eigenvalue weighted by Gasteiger charge is -2.23. The standard InChI is InChI=1S/C25H22N2O5/c28-23(19-11-6-12-20(16-19)27(31)32)17-25(30)21-13-4-5-14-22(21)26(24(25)29)15-7-10-18-8-2-1-3-9-18/h1-6,8-9,11-14,16,30H,7,10,15,17H2. The number of nitro benzene ring substituents is 1. The molecule has 0 bridgehead atoms. The molecule has 1 heterocycles. The fourth-order valence-corrected chi connectivity index (χ4v) is 4.11. The Morgan fingerprint density at radius 1 is 1.00 bits per heavy atom. The van der Waals surface area contributed by atoms with Crippen LogP contribution in [-0.4, -0.2) is 28.3 Å². The van der Waals surface area contributed by atoms with Gasteiger partial charge < -0.3 is 10.0 Å². The summed E-state index contributed by atoms with van der Waals surface area (Å²) < 4.78 is 0. The summed E-state index contributed by atoms with van der Waals surface area (Å²) in [5, 5.41) is 22.4. The average molecular weight is 430 g/mol. The number of nitrogens with zero attached hydrogens (tertiary/aromatic N) is 2. The first-order valence-corrected chi connectivity index (χ1v) is 10.4. The van der Waals surface area contributed by atoms with E-state index in [0.717, 1.165) is 18.1 Å². The number of nitro groups is 1. The second kappa shape index (κ2) is 8.72. The van der Waals surface area contributed by atoms with Crippen LogP contribution >= 0.6 is 0 Å². The molecule has 1 amide bonds. The lowest BCUT2D eigenvalue weighted by molar-refractivity contribution is -0.384. The average Bonchev–Trinajstić information content (AvgIpc) is 3.01. The molecule has 162 valence electrons. The van der Waals surface area contributed by atoms with Crippen LogP contribution in [0.5, 0.6) is 0 Å². The van der Waals surface area contributed by atoms with E-state index in [9.17, 15) is 24.8 Å². The van der Waals surface area contributed by atoms with E-state index in [1.54, 1.807) is 24.3 Å². The summed E-state index contributed by atoms with van der Waals surface area (Å²) in [5.74, 6) is -1.09. The number of ketones is 1. The number of non-ortho nitro benzene ring substituents is 1. The molecule has 0 saturated heterocycles. The van der Waals surface area contributed by atoms with Crippen LogP contribution in [0.4, 0.5) is 11.4 Å². The zero-order chi connectivity index (χ0) is 22.7. The van der Waals surface area contributed by atoms with Gasteiger partial charge in [-0.15, -0.1) is 0 Å². The molecular formula is C25H22N2O5. The van der Waals surface area contributed by atoms with E-state index in [0.29, 0.717) is 24.2 Å². The molecule has 0 radical (unpaired) electrons. The summed E-state index contributed by atoms with van der Waals surface area (Å²) in [4.78, 5) is 38.1. The summed E-state index contributed by atoms with van der Waals surface area (Å²) in [5.41, 5.74) is -0.0266. The Morgan fingerprint density at radius 3 is 2.47 bits per heavy atom. The fraction of sp³-hybridized carbons (Fsp3) is 0.200. The molecule has 3 aromatic carbocycles. The van der Waals surface area contributed by atoms with Crippen molar-refractivity contribution in [1.82, 2.24) is 0 Å². The molecule has 4 rings (SSSR count). The first kappa shape index (κ1) is 21.4. The number of carbonyl (C=O) groups is 2. The number of aryl methyl sites for hydroxylation is 1. The van der Waals surface area contributed by atoms with Crippen LogP contribution in [0.25, 0.3) is 0 Å². The highest BCUT2D eigenvalue weighted by Gasteiger charge is 2.50. The molecule has 7 nitrogen and oxygen atoms in total. The molecule has 0 spiro atoms. The van der Waals surface area contributed by atoms with Gasteiger partial charge in [-0.25, -0.2) is 0 Å². The Labute approximate surface area is 185 Å². The zero-order valence-electron chi connectivity index (χ0n) is 17.3. The van der Waals surface area contributed by atoms with Gasteiger partial charge in [-0.3, -0.25) is 19.7 Å². The van der Waals surface area contributed by atoms with Crippen molar-refractivity contribution in [2.45, 2.75) is 24.9 Å². The molecule has 3 aromatic rings. The number of benzene rings is 3.